The van der Waals surface area contributed by atoms with Crippen LogP contribution < -0.4 is 18.9 Å². The highest BCUT2D eigenvalue weighted by Gasteiger charge is 2.40. The lowest BCUT2D eigenvalue weighted by Gasteiger charge is -2.26. The Balaban J connectivity index is 1.81. The molecule has 5 rings (SSSR count). The molecule has 1 fully saturated rings. The van der Waals surface area contributed by atoms with Crippen LogP contribution in [0.1, 0.15) is 11.1 Å². The van der Waals surface area contributed by atoms with Crippen molar-refractivity contribution in [3.63, 3.8) is 0 Å². The fourth-order valence-corrected chi connectivity index (χ4v) is 4.49. The first kappa shape index (κ1) is 17.0. The zero-order valence-electron chi connectivity index (χ0n) is 15.6. The largest absolute Gasteiger partial charge is 0.504 e. The minimum absolute atomic E-state index is 0.0242. The zero-order valence-corrected chi connectivity index (χ0v) is 15.6. The minimum Gasteiger partial charge on any atom is -0.504 e. The Kier molecular flexibility index (Phi) is 3.79. The maximum atomic E-state index is 12.4. The number of ether oxygens (including phenoxy) is 5. The molecule has 1 saturated heterocycles. The first-order valence-electron chi connectivity index (χ1n) is 9.17. The molecule has 146 valence electrons. The number of methoxy groups -OCH3 is 2. The summed E-state index contributed by atoms with van der Waals surface area (Å²) in [6.07, 6.45) is 1.13. The lowest BCUT2D eigenvalue weighted by atomic mass is 9.77. The van der Waals surface area contributed by atoms with Crippen molar-refractivity contribution in [1.29, 1.82) is 0 Å². The van der Waals surface area contributed by atoms with Crippen molar-refractivity contribution in [3.05, 3.63) is 29.3 Å². The number of fused-ring (bicyclic) bond motifs is 5. The van der Waals surface area contributed by atoms with E-state index in [4.69, 9.17) is 23.7 Å². The molecular weight excluding hydrogens is 364 g/mol. The lowest BCUT2D eigenvalue weighted by molar-refractivity contribution is -0.141. The van der Waals surface area contributed by atoms with Gasteiger partial charge < -0.3 is 28.8 Å². The Hall–Kier alpha value is -3.09. The van der Waals surface area contributed by atoms with Crippen molar-refractivity contribution in [3.8, 4) is 39.9 Å². The first-order chi connectivity index (χ1) is 13.6. The van der Waals surface area contributed by atoms with Crippen LogP contribution in [0.3, 0.4) is 0 Å². The van der Waals surface area contributed by atoms with Crippen LogP contribution in [0.25, 0.3) is 11.1 Å². The van der Waals surface area contributed by atoms with Crippen molar-refractivity contribution < 1.29 is 33.6 Å². The normalized spacial score (nSPS) is 21.7. The number of esters is 1. The van der Waals surface area contributed by atoms with E-state index >= 15 is 0 Å². The Morgan fingerprint density at radius 2 is 1.71 bits per heavy atom. The maximum absolute atomic E-state index is 12.4. The molecule has 3 aliphatic rings. The fourth-order valence-electron chi connectivity index (χ4n) is 4.49. The number of hydrogen-bond acceptors (Lipinski definition) is 7. The summed E-state index contributed by atoms with van der Waals surface area (Å²) in [6, 6.07) is 5.55. The van der Waals surface area contributed by atoms with Crippen LogP contribution in [0.15, 0.2) is 18.2 Å². The molecule has 2 aromatic carbocycles. The summed E-state index contributed by atoms with van der Waals surface area (Å²) >= 11 is 0. The van der Waals surface area contributed by atoms with E-state index in [1.54, 1.807) is 6.07 Å². The average Bonchev–Trinajstić information content (AvgIpc) is 3.26. The molecule has 7 heteroatoms. The topological polar surface area (TPSA) is 83.5 Å². The van der Waals surface area contributed by atoms with Crippen molar-refractivity contribution in [2.24, 2.45) is 11.8 Å². The predicted octanol–water partition coefficient (Wildman–Crippen LogP) is 2.69. The van der Waals surface area contributed by atoms with Gasteiger partial charge in [-0.1, -0.05) is 0 Å². The Bertz CT molecular complexity index is 981. The SMILES string of the molecule is COc1c(O)cc2c(c1OC)-c1cc3c(cc1C[C@H]1COC(=O)[C@@H]1C2)OCO3. The highest BCUT2D eigenvalue weighted by Crippen LogP contribution is 2.52. The van der Waals surface area contributed by atoms with E-state index in [1.807, 2.05) is 12.1 Å². The molecule has 0 aromatic heterocycles. The number of hydrogen-bond donors (Lipinski definition) is 1. The van der Waals surface area contributed by atoms with E-state index in [1.165, 1.54) is 14.2 Å². The van der Waals surface area contributed by atoms with Crippen molar-refractivity contribution >= 4 is 5.97 Å². The first-order valence-corrected chi connectivity index (χ1v) is 9.17. The number of carbonyl (C=O) groups excluding carboxylic acids is 1. The molecule has 0 spiro atoms. The van der Waals surface area contributed by atoms with Gasteiger partial charge in [-0.3, -0.25) is 4.79 Å². The van der Waals surface area contributed by atoms with Gasteiger partial charge in [-0.05, 0) is 47.7 Å². The summed E-state index contributed by atoms with van der Waals surface area (Å²) < 4.78 is 27.6. The van der Waals surface area contributed by atoms with Gasteiger partial charge >= 0.3 is 5.97 Å². The number of phenols is 1. The van der Waals surface area contributed by atoms with Crippen LogP contribution in [0.5, 0.6) is 28.7 Å². The van der Waals surface area contributed by atoms with Gasteiger partial charge in [-0.2, -0.15) is 0 Å². The van der Waals surface area contributed by atoms with Gasteiger partial charge in [0.05, 0.1) is 26.7 Å². The highest BCUT2D eigenvalue weighted by atomic mass is 16.7. The van der Waals surface area contributed by atoms with Crippen LogP contribution in [-0.2, 0) is 22.4 Å². The molecule has 0 saturated carbocycles. The third-order valence-corrected chi connectivity index (χ3v) is 5.81. The van der Waals surface area contributed by atoms with E-state index in [2.05, 4.69) is 0 Å². The van der Waals surface area contributed by atoms with E-state index < -0.39 is 0 Å². The van der Waals surface area contributed by atoms with E-state index in [9.17, 15) is 9.90 Å². The molecule has 0 amide bonds. The third kappa shape index (κ3) is 2.38. The number of rotatable bonds is 2. The maximum Gasteiger partial charge on any atom is 0.309 e. The summed E-state index contributed by atoms with van der Waals surface area (Å²) in [6.45, 7) is 0.570. The second kappa shape index (κ2) is 6.22. The average molecular weight is 384 g/mol. The van der Waals surface area contributed by atoms with Gasteiger partial charge in [0.1, 0.15) is 0 Å². The molecule has 2 heterocycles. The van der Waals surface area contributed by atoms with Crippen LogP contribution >= 0.6 is 0 Å². The molecule has 1 aliphatic carbocycles. The van der Waals surface area contributed by atoms with Gasteiger partial charge in [-0.15, -0.1) is 0 Å². The number of benzene rings is 2. The van der Waals surface area contributed by atoms with Gasteiger partial charge in [0.15, 0.2) is 23.0 Å². The molecule has 28 heavy (non-hydrogen) atoms. The number of aromatic hydroxyl groups is 1. The second-order valence-electron chi connectivity index (χ2n) is 7.26. The van der Waals surface area contributed by atoms with Crippen LogP contribution in [-0.4, -0.2) is 38.7 Å². The second-order valence-corrected chi connectivity index (χ2v) is 7.26. The summed E-state index contributed by atoms with van der Waals surface area (Å²) in [4.78, 5) is 12.4. The lowest BCUT2D eigenvalue weighted by Crippen LogP contribution is -2.23. The standard InChI is InChI=1S/C21H20O7/c1-24-19-15(22)5-11-4-14-12(8-26-21(14)23)3-10-6-16-17(28-9-27-16)7-13(10)18(11)20(19)25-2/h5-7,12,14,22H,3-4,8-9H2,1-2H3/t12-,14+/m0/s1. The van der Waals surface area contributed by atoms with E-state index in [-0.39, 0.29) is 36.1 Å². The molecule has 2 aliphatic heterocycles. The van der Waals surface area contributed by atoms with Gasteiger partial charge in [0.25, 0.3) is 0 Å². The summed E-state index contributed by atoms with van der Waals surface area (Å²) in [5.74, 6) is 1.61. The number of cyclic esters (lactones) is 1. The molecule has 0 bridgehead atoms. The molecule has 0 unspecified atom stereocenters. The minimum atomic E-state index is -0.269. The van der Waals surface area contributed by atoms with Crippen molar-refractivity contribution in [2.45, 2.75) is 12.8 Å². The molecular formula is C21H20O7. The smallest absolute Gasteiger partial charge is 0.309 e. The monoisotopic (exact) mass is 384 g/mol. The van der Waals surface area contributed by atoms with Crippen molar-refractivity contribution in [2.75, 3.05) is 27.6 Å². The number of carbonyl (C=O) groups is 1. The molecule has 2 aromatic rings. The quantitative estimate of drug-likeness (QED) is 0.797. The van der Waals surface area contributed by atoms with Crippen LogP contribution in [0, 0.1) is 11.8 Å². The summed E-state index contributed by atoms with van der Waals surface area (Å²) in [7, 11) is 3.02. The Labute approximate surface area is 161 Å². The van der Waals surface area contributed by atoms with E-state index in [0.717, 1.165) is 22.3 Å². The molecule has 7 nitrogen and oxygen atoms in total. The van der Waals surface area contributed by atoms with Crippen molar-refractivity contribution in [1.82, 2.24) is 0 Å². The van der Waals surface area contributed by atoms with Crippen LogP contribution in [0.4, 0.5) is 0 Å². The molecule has 1 N–H and O–H groups in total. The highest BCUT2D eigenvalue weighted by molar-refractivity contribution is 5.85. The molecule has 0 radical (unpaired) electrons. The summed E-state index contributed by atoms with van der Waals surface area (Å²) in [5, 5.41) is 10.5. The fraction of sp³-hybridized carbons (Fsp3) is 0.381. The van der Waals surface area contributed by atoms with Gasteiger partial charge in [0, 0.05) is 11.5 Å². The summed E-state index contributed by atoms with van der Waals surface area (Å²) in [5.41, 5.74) is 3.55. The van der Waals surface area contributed by atoms with E-state index in [0.29, 0.717) is 36.7 Å². The number of phenolic OH excluding ortho intramolecular Hbond substituents is 1. The zero-order chi connectivity index (χ0) is 19.4. The predicted molar refractivity (Wildman–Crippen MR) is 98.1 cm³/mol. The van der Waals surface area contributed by atoms with Gasteiger partial charge in [0.2, 0.25) is 12.5 Å². The Morgan fingerprint density at radius 1 is 0.964 bits per heavy atom. The third-order valence-electron chi connectivity index (χ3n) is 5.81. The van der Waals surface area contributed by atoms with Gasteiger partial charge in [-0.25, -0.2) is 0 Å². The molecule has 2 atom stereocenters. The van der Waals surface area contributed by atoms with Crippen LogP contribution in [0.2, 0.25) is 0 Å². The Morgan fingerprint density at radius 3 is 2.46 bits per heavy atom.